The molecular formula is H3InOPtSn. The van der Waals surface area contributed by atoms with Crippen LogP contribution in [0.4, 0.5) is 0 Å². The minimum absolute atomic E-state index is 0. The van der Waals surface area contributed by atoms with Gasteiger partial charge in [0.2, 0.25) is 0 Å². The summed E-state index contributed by atoms with van der Waals surface area (Å²) in [6.45, 7) is 0. The van der Waals surface area contributed by atoms with Crippen LogP contribution in [0.3, 0.4) is 0 Å². The molecule has 0 saturated carbocycles. The van der Waals surface area contributed by atoms with E-state index in [1.807, 2.05) is 0 Å². The van der Waals surface area contributed by atoms with Gasteiger partial charge in [-0.15, -0.1) is 0 Å². The van der Waals surface area contributed by atoms with Crippen molar-refractivity contribution in [1.29, 1.82) is 0 Å². The second-order valence-corrected chi connectivity index (χ2v) is 0. The van der Waals surface area contributed by atoms with Gasteiger partial charge < -0.3 is 0 Å². The predicted molar refractivity (Wildman–Crippen MR) is 16.4 cm³/mol. The van der Waals surface area contributed by atoms with Crippen molar-refractivity contribution in [3.63, 3.8) is 0 Å². The van der Waals surface area contributed by atoms with Crippen LogP contribution in [0, 0.1) is 0 Å². The number of hydrogen-bond donors (Lipinski definition) is 0. The Morgan fingerprint density at radius 2 is 1.25 bits per heavy atom. The summed E-state index contributed by atoms with van der Waals surface area (Å²) in [7, 11) is 0. The maximum Gasteiger partial charge on any atom is 0 e. The van der Waals surface area contributed by atoms with E-state index >= 15 is 0 Å². The Hall–Kier alpha value is 2.16. The molecule has 4 heteroatoms. The summed E-state index contributed by atoms with van der Waals surface area (Å²) >= 11 is 0.300. The van der Waals surface area contributed by atoms with E-state index in [1.54, 1.807) is 0 Å². The molecule has 0 rings (SSSR count). The number of rotatable bonds is 0. The second-order valence-electron chi connectivity index (χ2n) is 0. The van der Waals surface area contributed by atoms with Gasteiger partial charge in [0, 0.05) is 21.1 Å². The molecule has 0 saturated heterocycles. The van der Waals surface area contributed by atoms with Crippen molar-refractivity contribution in [2.24, 2.45) is 0 Å². The summed E-state index contributed by atoms with van der Waals surface area (Å²) in [6, 6.07) is 0. The first kappa shape index (κ1) is 16.4. The fourth-order valence-electron chi connectivity index (χ4n) is 0. The Balaban J connectivity index is -0.00000000500. The van der Waals surface area contributed by atoms with Gasteiger partial charge in [0.15, 0.2) is 0 Å². The SMILES string of the molecule is [InH3].[O]=[Sn].[Pt]. The molecule has 0 aromatic rings. The summed E-state index contributed by atoms with van der Waals surface area (Å²) < 4.78 is 8.34. The molecule has 0 bridgehead atoms. The maximum absolute atomic E-state index is 8.34. The first-order valence-electron chi connectivity index (χ1n) is 0.204. The van der Waals surface area contributed by atoms with Gasteiger partial charge in [-0.3, -0.25) is 0 Å². The first-order valence-corrected chi connectivity index (χ1v) is 1.37. The molecule has 0 aliphatic rings. The van der Waals surface area contributed by atoms with E-state index in [4.69, 9.17) is 3.08 Å². The predicted octanol–water partition coefficient (Wildman–Crippen LogP) is -1.69. The summed E-state index contributed by atoms with van der Waals surface area (Å²) in [4.78, 5) is 0. The molecule has 0 atom stereocenters. The van der Waals surface area contributed by atoms with Crippen LogP contribution in [-0.2, 0) is 24.1 Å². The van der Waals surface area contributed by atoms with Crippen molar-refractivity contribution >= 4 is 48.4 Å². The fourth-order valence-corrected chi connectivity index (χ4v) is 0. The number of hydrogen-bond acceptors (Lipinski definition) is 1. The van der Waals surface area contributed by atoms with E-state index in [-0.39, 0.29) is 46.9 Å². The molecule has 2 radical (unpaired) electrons. The third-order valence-corrected chi connectivity index (χ3v) is 0. The van der Waals surface area contributed by atoms with Gasteiger partial charge in [-0.1, -0.05) is 0 Å². The van der Waals surface area contributed by atoms with Crippen LogP contribution in [0.1, 0.15) is 0 Å². The van der Waals surface area contributed by atoms with E-state index in [0.717, 1.165) is 0 Å². The Morgan fingerprint density at radius 3 is 1.25 bits per heavy atom. The smallest absolute Gasteiger partial charge is 0 e. The molecule has 0 aliphatic heterocycles. The summed E-state index contributed by atoms with van der Waals surface area (Å²) in [6.07, 6.45) is 0. The summed E-state index contributed by atoms with van der Waals surface area (Å²) in [5.74, 6) is 0. The normalized spacial score (nSPS) is 1.00. The monoisotopic (exact) mass is 449 g/mol. The molecule has 1 nitrogen and oxygen atoms in total. The topological polar surface area (TPSA) is 17.1 Å². The summed E-state index contributed by atoms with van der Waals surface area (Å²) in [5.41, 5.74) is 0. The fraction of sp³-hybridized carbons (Fsp3) is 0. The molecule has 0 unspecified atom stereocenters. The maximum atomic E-state index is 8.34. The Morgan fingerprint density at radius 1 is 1.25 bits per heavy atom. The van der Waals surface area contributed by atoms with E-state index in [1.165, 1.54) is 0 Å². The van der Waals surface area contributed by atoms with Crippen LogP contribution >= 0.6 is 0 Å². The minimum atomic E-state index is 0. The third-order valence-electron chi connectivity index (χ3n) is 0. The van der Waals surface area contributed by atoms with Crippen LogP contribution in [0.25, 0.3) is 0 Å². The Kier molecular flexibility index (Phi) is 78.7. The van der Waals surface area contributed by atoms with E-state index in [0.29, 0.717) is 22.5 Å². The van der Waals surface area contributed by atoms with E-state index < -0.39 is 0 Å². The molecule has 0 spiro atoms. The quantitative estimate of drug-likeness (QED) is 0.406. The van der Waals surface area contributed by atoms with Gasteiger partial charge >= 0.3 is 51.4 Å². The van der Waals surface area contributed by atoms with Gasteiger partial charge in [-0.2, -0.15) is 0 Å². The average molecular weight is 448 g/mol. The molecule has 0 N–H and O–H groups in total. The first-order chi connectivity index (χ1) is 1.00. The van der Waals surface area contributed by atoms with Crippen molar-refractivity contribution in [3.05, 3.63) is 0 Å². The van der Waals surface area contributed by atoms with E-state index in [9.17, 15) is 0 Å². The third kappa shape index (κ3) is 8.90. The minimum Gasteiger partial charge on any atom is 0 e. The van der Waals surface area contributed by atoms with Crippen LogP contribution in [0.5, 0.6) is 0 Å². The molecule has 26 valence electrons. The van der Waals surface area contributed by atoms with Crippen molar-refractivity contribution in [2.45, 2.75) is 0 Å². The second kappa shape index (κ2) is 19.2. The van der Waals surface area contributed by atoms with Crippen molar-refractivity contribution in [3.8, 4) is 0 Å². The summed E-state index contributed by atoms with van der Waals surface area (Å²) in [5, 5.41) is 0. The van der Waals surface area contributed by atoms with Crippen molar-refractivity contribution in [1.82, 2.24) is 0 Å². The zero-order chi connectivity index (χ0) is 2.00. The van der Waals surface area contributed by atoms with E-state index in [2.05, 4.69) is 0 Å². The van der Waals surface area contributed by atoms with Crippen LogP contribution < -0.4 is 0 Å². The molecule has 0 aliphatic carbocycles. The van der Waals surface area contributed by atoms with Gasteiger partial charge in [0.1, 0.15) is 0 Å². The Bertz CT molecular complexity index is 8.00. The van der Waals surface area contributed by atoms with Gasteiger partial charge in [0.05, 0.1) is 0 Å². The van der Waals surface area contributed by atoms with Crippen LogP contribution in [-0.4, -0.2) is 48.4 Å². The van der Waals surface area contributed by atoms with Gasteiger partial charge in [-0.05, 0) is 0 Å². The zero-order valence-electron chi connectivity index (χ0n) is 1.22. The largest absolute Gasteiger partial charge is 0 e. The molecule has 0 heterocycles. The standard InChI is InChI=1S/In.O.Pt.Sn.3H. The van der Waals surface area contributed by atoms with Crippen LogP contribution in [0.2, 0.25) is 0 Å². The molecule has 4 heavy (non-hydrogen) atoms. The van der Waals surface area contributed by atoms with Gasteiger partial charge in [-0.25, -0.2) is 0 Å². The Labute approximate surface area is 71.4 Å². The van der Waals surface area contributed by atoms with Gasteiger partial charge in [0.25, 0.3) is 0 Å². The molecular weight excluding hydrogens is 445 g/mol. The molecule has 0 aromatic carbocycles. The van der Waals surface area contributed by atoms with Crippen molar-refractivity contribution in [2.75, 3.05) is 0 Å². The molecule has 0 amide bonds. The molecule has 0 aromatic heterocycles. The molecule has 0 fully saturated rings. The van der Waals surface area contributed by atoms with Crippen LogP contribution in [0.15, 0.2) is 0 Å². The average Bonchev–Trinajstić information content (AvgIpc) is 1.00. The zero-order valence-corrected chi connectivity index (χ0v) is 6.35. The van der Waals surface area contributed by atoms with Crippen molar-refractivity contribution < 1.29 is 24.1 Å².